The number of carboxylic acids is 1. The fraction of sp³-hybridized carbons (Fsp3) is 0.111. The molecule has 1 N–H and O–H groups in total. The van der Waals surface area contributed by atoms with E-state index in [1.54, 1.807) is 6.07 Å². The SMILES string of the molecule is N#Cc1cc(F)c(C(=O)O)c(CCl)c1. The van der Waals surface area contributed by atoms with Crippen LogP contribution in [0.4, 0.5) is 4.39 Å². The molecule has 0 aliphatic rings. The zero-order valence-corrected chi connectivity index (χ0v) is 7.68. The molecule has 0 saturated carbocycles. The van der Waals surface area contributed by atoms with Gasteiger partial charge in [0.25, 0.3) is 0 Å². The van der Waals surface area contributed by atoms with E-state index in [0.717, 1.165) is 6.07 Å². The summed E-state index contributed by atoms with van der Waals surface area (Å²) in [7, 11) is 0. The summed E-state index contributed by atoms with van der Waals surface area (Å²) in [4.78, 5) is 10.6. The molecule has 5 heteroatoms. The minimum absolute atomic E-state index is 0.0585. The van der Waals surface area contributed by atoms with Crippen LogP contribution in [0.15, 0.2) is 12.1 Å². The van der Waals surface area contributed by atoms with Gasteiger partial charge in [0.05, 0.1) is 17.2 Å². The summed E-state index contributed by atoms with van der Waals surface area (Å²) >= 11 is 5.44. The topological polar surface area (TPSA) is 61.1 Å². The van der Waals surface area contributed by atoms with Crippen LogP contribution in [0.25, 0.3) is 0 Å². The van der Waals surface area contributed by atoms with E-state index in [0.29, 0.717) is 0 Å². The zero-order valence-electron chi connectivity index (χ0n) is 6.92. The van der Waals surface area contributed by atoms with Gasteiger partial charge < -0.3 is 5.11 Å². The molecule has 72 valence electrons. The fourth-order valence-electron chi connectivity index (χ4n) is 1.07. The second kappa shape index (κ2) is 4.07. The van der Waals surface area contributed by atoms with Crippen LogP contribution in [-0.2, 0) is 5.88 Å². The first kappa shape index (κ1) is 10.5. The highest BCUT2D eigenvalue weighted by atomic mass is 35.5. The third kappa shape index (κ3) is 1.83. The number of benzene rings is 1. The molecular formula is C9H5ClFNO2. The van der Waals surface area contributed by atoms with Crippen molar-refractivity contribution in [1.82, 2.24) is 0 Å². The van der Waals surface area contributed by atoms with E-state index in [2.05, 4.69) is 0 Å². The van der Waals surface area contributed by atoms with Crippen molar-refractivity contribution in [2.24, 2.45) is 0 Å². The van der Waals surface area contributed by atoms with E-state index in [4.69, 9.17) is 22.0 Å². The summed E-state index contributed by atoms with van der Waals surface area (Å²) in [5.74, 6) is -2.47. The fourth-order valence-corrected chi connectivity index (χ4v) is 1.28. The van der Waals surface area contributed by atoms with Gasteiger partial charge in [0, 0.05) is 5.88 Å². The van der Waals surface area contributed by atoms with Gasteiger partial charge in [-0.1, -0.05) is 0 Å². The lowest BCUT2D eigenvalue weighted by Crippen LogP contribution is -2.05. The van der Waals surface area contributed by atoms with Crippen LogP contribution in [0.3, 0.4) is 0 Å². The van der Waals surface area contributed by atoms with E-state index in [9.17, 15) is 9.18 Å². The molecule has 0 aromatic heterocycles. The molecule has 3 nitrogen and oxygen atoms in total. The standard InChI is InChI=1S/C9H5ClFNO2/c10-3-6-1-5(4-12)2-7(11)8(6)9(13)14/h1-2H,3H2,(H,13,14). The van der Waals surface area contributed by atoms with Crippen molar-refractivity contribution in [2.75, 3.05) is 0 Å². The van der Waals surface area contributed by atoms with Crippen LogP contribution < -0.4 is 0 Å². The predicted molar refractivity (Wildman–Crippen MR) is 47.6 cm³/mol. The van der Waals surface area contributed by atoms with Crippen molar-refractivity contribution in [2.45, 2.75) is 5.88 Å². The predicted octanol–water partition coefficient (Wildman–Crippen LogP) is 2.13. The molecule has 0 bridgehead atoms. The molecule has 1 aromatic carbocycles. The smallest absolute Gasteiger partial charge is 0.339 e. The average molecular weight is 214 g/mol. The monoisotopic (exact) mass is 213 g/mol. The largest absolute Gasteiger partial charge is 0.478 e. The van der Waals surface area contributed by atoms with Crippen molar-refractivity contribution >= 4 is 17.6 Å². The van der Waals surface area contributed by atoms with Crippen LogP contribution in [0.1, 0.15) is 21.5 Å². The van der Waals surface area contributed by atoms with Crippen LogP contribution in [0.2, 0.25) is 0 Å². The summed E-state index contributed by atoms with van der Waals surface area (Å²) in [6, 6.07) is 3.86. The Kier molecular flexibility index (Phi) is 3.05. The molecule has 0 radical (unpaired) electrons. The Hall–Kier alpha value is -1.60. The molecule has 14 heavy (non-hydrogen) atoms. The number of aromatic carboxylic acids is 1. The Morgan fingerprint density at radius 2 is 2.29 bits per heavy atom. The molecule has 0 spiro atoms. The van der Waals surface area contributed by atoms with Crippen molar-refractivity contribution in [3.63, 3.8) is 0 Å². The summed E-state index contributed by atoms with van der Waals surface area (Å²) in [5, 5.41) is 17.2. The summed E-state index contributed by atoms with van der Waals surface area (Å²) in [6.45, 7) is 0. The van der Waals surface area contributed by atoms with E-state index in [1.165, 1.54) is 6.07 Å². The minimum Gasteiger partial charge on any atom is -0.478 e. The molecule has 1 rings (SSSR count). The van der Waals surface area contributed by atoms with E-state index >= 15 is 0 Å². The third-order valence-electron chi connectivity index (χ3n) is 1.66. The maximum atomic E-state index is 13.1. The van der Waals surface area contributed by atoms with E-state index < -0.39 is 17.3 Å². The summed E-state index contributed by atoms with van der Waals surface area (Å²) in [6.07, 6.45) is 0. The number of nitriles is 1. The highest BCUT2D eigenvalue weighted by Gasteiger charge is 2.16. The van der Waals surface area contributed by atoms with Gasteiger partial charge in [0.15, 0.2) is 0 Å². The number of halogens is 2. The zero-order chi connectivity index (χ0) is 10.7. The van der Waals surface area contributed by atoms with Crippen LogP contribution in [0.5, 0.6) is 0 Å². The molecule has 0 fully saturated rings. The first-order chi connectivity index (χ1) is 6.60. The van der Waals surface area contributed by atoms with Gasteiger partial charge in [0.1, 0.15) is 5.82 Å². The second-order valence-corrected chi connectivity index (χ2v) is 2.81. The highest BCUT2D eigenvalue weighted by molar-refractivity contribution is 6.17. The Morgan fingerprint density at radius 3 is 2.71 bits per heavy atom. The van der Waals surface area contributed by atoms with Gasteiger partial charge in [-0.15, -0.1) is 11.6 Å². The molecule has 0 aliphatic carbocycles. The number of nitrogens with zero attached hydrogens (tertiary/aromatic N) is 1. The number of hydrogen-bond acceptors (Lipinski definition) is 2. The van der Waals surface area contributed by atoms with E-state index in [-0.39, 0.29) is 17.0 Å². The molecule has 0 aliphatic heterocycles. The summed E-state index contributed by atoms with van der Waals surface area (Å²) in [5.41, 5.74) is -0.308. The molecule has 0 amide bonds. The van der Waals surface area contributed by atoms with Crippen molar-refractivity contribution in [1.29, 1.82) is 5.26 Å². The lowest BCUT2D eigenvalue weighted by Gasteiger charge is -2.03. The Bertz CT molecular complexity index is 426. The van der Waals surface area contributed by atoms with E-state index in [1.807, 2.05) is 0 Å². The van der Waals surface area contributed by atoms with Crippen molar-refractivity contribution < 1.29 is 14.3 Å². The van der Waals surface area contributed by atoms with Crippen LogP contribution >= 0.6 is 11.6 Å². The minimum atomic E-state index is -1.39. The number of rotatable bonds is 2. The van der Waals surface area contributed by atoms with Crippen molar-refractivity contribution in [3.8, 4) is 6.07 Å². The van der Waals surface area contributed by atoms with Gasteiger partial charge >= 0.3 is 5.97 Å². The lowest BCUT2D eigenvalue weighted by atomic mass is 10.0. The molecule has 0 heterocycles. The number of carboxylic acid groups (broad SMARTS) is 1. The van der Waals surface area contributed by atoms with Crippen molar-refractivity contribution in [3.05, 3.63) is 34.6 Å². The van der Waals surface area contributed by atoms with Gasteiger partial charge in [-0.2, -0.15) is 5.26 Å². The molecule has 0 unspecified atom stereocenters. The Labute approximate surface area is 84.3 Å². The van der Waals surface area contributed by atoms with Gasteiger partial charge in [-0.05, 0) is 17.7 Å². The maximum Gasteiger partial charge on any atom is 0.339 e. The molecular weight excluding hydrogens is 209 g/mol. The normalized spacial score (nSPS) is 9.50. The highest BCUT2D eigenvalue weighted by Crippen LogP contribution is 2.18. The molecule has 0 saturated heterocycles. The molecule has 0 atom stereocenters. The number of carbonyl (C=O) groups is 1. The lowest BCUT2D eigenvalue weighted by molar-refractivity contribution is 0.0691. The Balaban J connectivity index is 3.44. The maximum absolute atomic E-state index is 13.1. The van der Waals surface area contributed by atoms with Gasteiger partial charge in [0.2, 0.25) is 0 Å². The average Bonchev–Trinajstić information content (AvgIpc) is 2.15. The number of hydrogen-bond donors (Lipinski definition) is 1. The van der Waals surface area contributed by atoms with Crippen LogP contribution in [0, 0.1) is 17.1 Å². The molecule has 1 aromatic rings. The quantitative estimate of drug-likeness (QED) is 0.766. The second-order valence-electron chi connectivity index (χ2n) is 2.54. The van der Waals surface area contributed by atoms with Gasteiger partial charge in [-0.25, -0.2) is 9.18 Å². The Morgan fingerprint density at radius 1 is 1.64 bits per heavy atom. The third-order valence-corrected chi connectivity index (χ3v) is 1.95. The number of alkyl halides is 1. The first-order valence-corrected chi connectivity index (χ1v) is 4.15. The first-order valence-electron chi connectivity index (χ1n) is 3.62. The van der Waals surface area contributed by atoms with Crippen LogP contribution in [-0.4, -0.2) is 11.1 Å². The van der Waals surface area contributed by atoms with Gasteiger partial charge in [-0.3, -0.25) is 0 Å². The summed E-state index contributed by atoms with van der Waals surface area (Å²) < 4.78 is 13.1.